The average Bonchev–Trinajstić information content (AvgIpc) is 2.47. The minimum absolute atomic E-state index is 0.898. The zero-order chi connectivity index (χ0) is 12.4. The highest BCUT2D eigenvalue weighted by Gasteiger charge is 2.15. The molecule has 1 aliphatic rings. The molecule has 0 aromatic heterocycles. The molecule has 18 heavy (non-hydrogen) atoms. The van der Waals surface area contributed by atoms with E-state index in [1.165, 1.54) is 21.6 Å². The highest BCUT2D eigenvalue weighted by molar-refractivity contribution is 7.98. The van der Waals surface area contributed by atoms with Crippen molar-refractivity contribution in [1.82, 2.24) is 0 Å². The van der Waals surface area contributed by atoms with Gasteiger partial charge in [-0.15, -0.1) is 11.8 Å². The van der Waals surface area contributed by atoms with Crippen LogP contribution in [0.3, 0.4) is 0 Å². The molecule has 0 aliphatic carbocycles. The summed E-state index contributed by atoms with van der Waals surface area (Å²) < 4.78 is 0. The number of thioether (sulfide) groups is 1. The Morgan fingerprint density at radius 3 is 2.67 bits per heavy atom. The molecule has 1 aliphatic heterocycles. The summed E-state index contributed by atoms with van der Waals surface area (Å²) in [7, 11) is 0. The Morgan fingerprint density at radius 1 is 1.06 bits per heavy atom. The number of aliphatic imine (C=N–C) groups is 1. The number of benzene rings is 2. The van der Waals surface area contributed by atoms with Crippen molar-refractivity contribution in [3.8, 4) is 0 Å². The van der Waals surface area contributed by atoms with Crippen LogP contribution >= 0.6 is 11.8 Å². The molecule has 0 amide bonds. The number of hydrogen-bond donors (Lipinski definition) is 0. The van der Waals surface area contributed by atoms with Crippen molar-refractivity contribution in [3.05, 3.63) is 65.2 Å². The van der Waals surface area contributed by atoms with Crippen LogP contribution in [0.1, 0.15) is 16.7 Å². The van der Waals surface area contributed by atoms with Gasteiger partial charge in [0.15, 0.2) is 0 Å². The van der Waals surface area contributed by atoms with Crippen LogP contribution in [-0.4, -0.2) is 18.5 Å². The average molecular weight is 253 g/mol. The molecule has 0 radical (unpaired) electrons. The lowest BCUT2D eigenvalue weighted by Gasteiger charge is -2.18. The topological polar surface area (TPSA) is 12.4 Å². The second-order valence-electron chi connectivity index (χ2n) is 4.37. The minimum atomic E-state index is 0.898. The molecule has 0 fully saturated rings. The van der Waals surface area contributed by atoms with Gasteiger partial charge in [0.25, 0.3) is 0 Å². The van der Waals surface area contributed by atoms with E-state index in [1.807, 2.05) is 6.07 Å². The van der Waals surface area contributed by atoms with E-state index in [1.54, 1.807) is 11.8 Å². The maximum absolute atomic E-state index is 4.71. The number of hydrogen-bond acceptors (Lipinski definition) is 2. The molecular formula is C16H15NS. The van der Waals surface area contributed by atoms with E-state index in [4.69, 9.17) is 4.99 Å². The van der Waals surface area contributed by atoms with Crippen LogP contribution in [0, 0.1) is 0 Å². The Morgan fingerprint density at radius 2 is 1.89 bits per heavy atom. The molecule has 0 unspecified atom stereocenters. The normalized spacial score (nSPS) is 13.9. The lowest BCUT2D eigenvalue weighted by atomic mass is 9.93. The minimum Gasteiger partial charge on any atom is -0.284 e. The summed E-state index contributed by atoms with van der Waals surface area (Å²) in [5.74, 6) is 0. The molecule has 90 valence electrons. The summed E-state index contributed by atoms with van der Waals surface area (Å²) in [4.78, 5) is 6.04. The van der Waals surface area contributed by atoms with Crippen LogP contribution in [0.25, 0.3) is 0 Å². The van der Waals surface area contributed by atoms with Gasteiger partial charge in [0.05, 0.1) is 5.71 Å². The lowest BCUT2D eigenvalue weighted by Crippen LogP contribution is -2.14. The predicted octanol–water partition coefficient (Wildman–Crippen LogP) is 3.80. The van der Waals surface area contributed by atoms with Crippen molar-refractivity contribution in [1.29, 1.82) is 0 Å². The smallest absolute Gasteiger partial charge is 0.0721 e. The molecule has 0 bridgehead atoms. The molecule has 0 N–H and O–H groups in total. The van der Waals surface area contributed by atoms with Crippen molar-refractivity contribution < 1.29 is 0 Å². The predicted molar refractivity (Wildman–Crippen MR) is 78.9 cm³/mol. The van der Waals surface area contributed by atoms with Crippen LogP contribution in [0.4, 0.5) is 0 Å². The zero-order valence-electron chi connectivity index (χ0n) is 10.4. The standard InChI is InChI=1S/C16H15NS/c1-18-14-7-8-15-13(11-14)9-10-17-16(15)12-5-3-2-4-6-12/h2-8,11H,9-10H2,1H3. The number of rotatable bonds is 2. The first-order chi connectivity index (χ1) is 8.88. The quantitative estimate of drug-likeness (QED) is 0.741. The highest BCUT2D eigenvalue weighted by Crippen LogP contribution is 2.25. The summed E-state index contributed by atoms with van der Waals surface area (Å²) in [5.41, 5.74) is 5.08. The fraction of sp³-hybridized carbons (Fsp3) is 0.188. The molecule has 0 saturated carbocycles. The molecule has 0 saturated heterocycles. The summed E-state index contributed by atoms with van der Waals surface area (Å²) in [6.07, 6.45) is 3.18. The SMILES string of the molecule is CSc1ccc2c(c1)CCN=C2c1ccccc1. The van der Waals surface area contributed by atoms with E-state index in [9.17, 15) is 0 Å². The fourth-order valence-corrected chi connectivity index (χ4v) is 2.82. The molecular weight excluding hydrogens is 238 g/mol. The molecule has 0 spiro atoms. The summed E-state index contributed by atoms with van der Waals surface area (Å²) >= 11 is 1.80. The third kappa shape index (κ3) is 2.08. The maximum Gasteiger partial charge on any atom is 0.0721 e. The van der Waals surface area contributed by atoms with Gasteiger partial charge in [0, 0.05) is 22.6 Å². The van der Waals surface area contributed by atoms with Crippen LogP contribution in [0.15, 0.2) is 58.4 Å². The van der Waals surface area contributed by atoms with Crippen LogP contribution in [-0.2, 0) is 6.42 Å². The van der Waals surface area contributed by atoms with Gasteiger partial charge in [0.1, 0.15) is 0 Å². The first-order valence-corrected chi connectivity index (χ1v) is 7.38. The number of nitrogens with zero attached hydrogens (tertiary/aromatic N) is 1. The van der Waals surface area contributed by atoms with Gasteiger partial charge in [-0.1, -0.05) is 36.4 Å². The summed E-state index contributed by atoms with van der Waals surface area (Å²) in [6.45, 7) is 0.898. The second kappa shape index (κ2) is 4.99. The van der Waals surface area contributed by atoms with E-state index in [-0.39, 0.29) is 0 Å². The Balaban J connectivity index is 2.08. The lowest BCUT2D eigenvalue weighted by molar-refractivity contribution is 0.938. The van der Waals surface area contributed by atoms with Gasteiger partial charge in [-0.2, -0.15) is 0 Å². The van der Waals surface area contributed by atoms with E-state index in [0.29, 0.717) is 0 Å². The van der Waals surface area contributed by atoms with E-state index < -0.39 is 0 Å². The van der Waals surface area contributed by atoms with Gasteiger partial charge in [-0.3, -0.25) is 4.99 Å². The molecule has 1 heterocycles. The summed E-state index contributed by atoms with van der Waals surface area (Å²) in [6, 6.07) is 17.2. The van der Waals surface area contributed by atoms with Crippen LogP contribution in [0.5, 0.6) is 0 Å². The second-order valence-corrected chi connectivity index (χ2v) is 5.25. The van der Waals surface area contributed by atoms with Crippen molar-refractivity contribution in [2.75, 3.05) is 12.8 Å². The Labute approximate surface area is 112 Å². The Kier molecular flexibility index (Phi) is 3.20. The van der Waals surface area contributed by atoms with Crippen LogP contribution < -0.4 is 0 Å². The zero-order valence-corrected chi connectivity index (χ0v) is 11.2. The van der Waals surface area contributed by atoms with Gasteiger partial charge in [-0.25, -0.2) is 0 Å². The third-order valence-electron chi connectivity index (χ3n) is 3.27. The Bertz CT molecular complexity index is 587. The van der Waals surface area contributed by atoms with Crippen molar-refractivity contribution in [3.63, 3.8) is 0 Å². The van der Waals surface area contributed by atoms with Gasteiger partial charge < -0.3 is 0 Å². The van der Waals surface area contributed by atoms with Gasteiger partial charge in [-0.05, 0) is 30.4 Å². The summed E-state index contributed by atoms with van der Waals surface area (Å²) in [5, 5.41) is 0. The highest BCUT2D eigenvalue weighted by atomic mass is 32.2. The molecule has 2 heteroatoms. The third-order valence-corrected chi connectivity index (χ3v) is 3.99. The molecule has 2 aromatic carbocycles. The largest absolute Gasteiger partial charge is 0.284 e. The first-order valence-electron chi connectivity index (χ1n) is 6.15. The molecule has 2 aromatic rings. The molecule has 3 rings (SSSR count). The van der Waals surface area contributed by atoms with Gasteiger partial charge >= 0.3 is 0 Å². The van der Waals surface area contributed by atoms with E-state index in [0.717, 1.165) is 18.7 Å². The van der Waals surface area contributed by atoms with E-state index in [2.05, 4.69) is 48.7 Å². The van der Waals surface area contributed by atoms with Crippen molar-refractivity contribution in [2.24, 2.45) is 4.99 Å². The molecule has 0 atom stereocenters. The van der Waals surface area contributed by atoms with Gasteiger partial charge in [0.2, 0.25) is 0 Å². The van der Waals surface area contributed by atoms with E-state index >= 15 is 0 Å². The number of fused-ring (bicyclic) bond motifs is 1. The first kappa shape index (κ1) is 11.5. The van der Waals surface area contributed by atoms with Crippen molar-refractivity contribution >= 4 is 17.5 Å². The maximum atomic E-state index is 4.71. The fourth-order valence-electron chi connectivity index (χ4n) is 2.35. The Hall–Kier alpha value is -1.54. The van der Waals surface area contributed by atoms with Crippen LogP contribution in [0.2, 0.25) is 0 Å². The molecule has 1 nitrogen and oxygen atoms in total. The monoisotopic (exact) mass is 253 g/mol. The van der Waals surface area contributed by atoms with Crippen molar-refractivity contribution in [2.45, 2.75) is 11.3 Å².